The Balaban J connectivity index is 1.60. The molecule has 0 radical (unpaired) electrons. The van der Waals surface area contributed by atoms with Crippen LogP contribution in [0.25, 0.3) is 22.6 Å². The second-order valence-corrected chi connectivity index (χ2v) is 8.81. The lowest BCUT2D eigenvalue weighted by Crippen LogP contribution is -2.20. The van der Waals surface area contributed by atoms with Crippen LogP contribution in [0.3, 0.4) is 0 Å². The Morgan fingerprint density at radius 2 is 1.88 bits per heavy atom. The molecular weight excluding hydrogens is 414 g/mol. The first-order chi connectivity index (χ1) is 16.1. The third-order valence-corrected chi connectivity index (χ3v) is 5.87. The van der Waals surface area contributed by atoms with Gasteiger partial charge in [-0.2, -0.15) is 5.21 Å². The molecular formula is C25H31N7O. The molecule has 0 unspecified atom stereocenters. The number of unbranched alkanes of at least 4 members (excludes halogenated alkanes) is 1. The van der Waals surface area contributed by atoms with E-state index in [0.29, 0.717) is 18.3 Å². The van der Waals surface area contributed by atoms with E-state index in [1.807, 2.05) is 47.2 Å². The zero-order chi connectivity index (χ0) is 23.2. The molecule has 172 valence electrons. The van der Waals surface area contributed by atoms with Crippen LogP contribution < -0.4 is 5.69 Å². The number of hydrogen-bond acceptors (Lipinski definition) is 5. The summed E-state index contributed by atoms with van der Waals surface area (Å²) in [5, 5.41) is 14.4. The van der Waals surface area contributed by atoms with Crippen molar-refractivity contribution in [1.29, 1.82) is 0 Å². The van der Waals surface area contributed by atoms with Gasteiger partial charge < -0.3 is 4.98 Å². The van der Waals surface area contributed by atoms with E-state index in [0.717, 1.165) is 65.9 Å². The van der Waals surface area contributed by atoms with Crippen molar-refractivity contribution in [3.05, 3.63) is 70.0 Å². The molecule has 0 aliphatic heterocycles. The number of aryl methyl sites for hydroxylation is 1. The van der Waals surface area contributed by atoms with Gasteiger partial charge in [0.2, 0.25) is 5.82 Å². The highest BCUT2D eigenvalue weighted by Gasteiger charge is 2.16. The molecule has 4 rings (SSSR count). The fraction of sp³-hybridized carbons (Fsp3) is 0.400. The lowest BCUT2D eigenvalue weighted by Gasteiger charge is -2.12. The molecule has 0 aliphatic rings. The van der Waals surface area contributed by atoms with Gasteiger partial charge in [0.05, 0.1) is 12.2 Å². The van der Waals surface area contributed by atoms with Crippen LogP contribution >= 0.6 is 0 Å². The van der Waals surface area contributed by atoms with Crippen molar-refractivity contribution in [3.8, 4) is 22.6 Å². The molecule has 1 aromatic carbocycles. The van der Waals surface area contributed by atoms with Gasteiger partial charge in [-0.15, -0.1) is 10.2 Å². The Morgan fingerprint density at radius 1 is 1.06 bits per heavy atom. The molecule has 0 atom stereocenters. The zero-order valence-electron chi connectivity index (χ0n) is 19.5. The average Bonchev–Trinajstić information content (AvgIpc) is 3.46. The molecule has 3 heterocycles. The molecule has 0 fully saturated rings. The van der Waals surface area contributed by atoms with Crippen molar-refractivity contribution < 1.29 is 0 Å². The van der Waals surface area contributed by atoms with Crippen molar-refractivity contribution in [2.24, 2.45) is 5.92 Å². The van der Waals surface area contributed by atoms with Crippen LogP contribution in [0, 0.1) is 5.92 Å². The second kappa shape index (κ2) is 10.4. The van der Waals surface area contributed by atoms with Crippen LogP contribution in [0.4, 0.5) is 0 Å². The number of benzene rings is 1. The number of tetrazole rings is 1. The maximum absolute atomic E-state index is 12.8. The average molecular weight is 446 g/mol. The van der Waals surface area contributed by atoms with Gasteiger partial charge in [-0.1, -0.05) is 57.5 Å². The van der Waals surface area contributed by atoms with E-state index in [9.17, 15) is 4.79 Å². The third-order valence-electron chi connectivity index (χ3n) is 5.87. The third kappa shape index (κ3) is 5.27. The molecule has 4 aromatic rings. The Hall–Kier alpha value is -3.55. The summed E-state index contributed by atoms with van der Waals surface area (Å²) in [6, 6.07) is 11.9. The normalized spacial score (nSPS) is 11.4. The van der Waals surface area contributed by atoms with Crippen LogP contribution in [-0.2, 0) is 19.4 Å². The molecule has 0 spiro atoms. The molecule has 0 bridgehead atoms. The standard InChI is InChI=1S/C25H31N7O/c1-4-5-10-22-23(14-11-17(2)3)32(25(33)27-22)16-18-12-13-21(26-15-18)19-8-6-7-9-20(19)24-28-30-31-29-24/h6-9,12-13,15,17H,4-5,10-11,14,16H2,1-3H3,(H,27,33)(H,28,29,30,31). The van der Waals surface area contributed by atoms with Crippen LogP contribution in [0.1, 0.15) is 57.0 Å². The summed E-state index contributed by atoms with van der Waals surface area (Å²) < 4.78 is 1.89. The number of rotatable bonds is 10. The smallest absolute Gasteiger partial charge is 0.310 e. The number of nitrogens with one attached hydrogen (secondary N) is 2. The van der Waals surface area contributed by atoms with E-state index >= 15 is 0 Å². The molecule has 3 aromatic heterocycles. The summed E-state index contributed by atoms with van der Waals surface area (Å²) in [5.41, 5.74) is 5.80. The SMILES string of the molecule is CCCCc1[nH]c(=O)n(Cc2ccc(-c3ccccc3-c3nn[nH]n3)nc2)c1CCC(C)C. The van der Waals surface area contributed by atoms with Crippen LogP contribution in [-0.4, -0.2) is 35.2 Å². The van der Waals surface area contributed by atoms with Crippen LogP contribution in [0.2, 0.25) is 0 Å². The van der Waals surface area contributed by atoms with Crippen molar-refractivity contribution in [2.45, 2.75) is 59.4 Å². The highest BCUT2D eigenvalue weighted by molar-refractivity contribution is 5.78. The maximum Gasteiger partial charge on any atom is 0.326 e. The molecule has 33 heavy (non-hydrogen) atoms. The van der Waals surface area contributed by atoms with Crippen LogP contribution in [0.15, 0.2) is 47.4 Å². The monoisotopic (exact) mass is 445 g/mol. The molecule has 2 N–H and O–H groups in total. The van der Waals surface area contributed by atoms with Gasteiger partial charge in [-0.3, -0.25) is 9.55 Å². The first-order valence-electron chi connectivity index (χ1n) is 11.7. The van der Waals surface area contributed by atoms with E-state index in [4.69, 9.17) is 4.98 Å². The Labute approximate surface area is 193 Å². The van der Waals surface area contributed by atoms with E-state index in [-0.39, 0.29) is 5.69 Å². The van der Waals surface area contributed by atoms with E-state index in [1.54, 1.807) is 0 Å². The topological polar surface area (TPSA) is 105 Å². The maximum atomic E-state index is 12.8. The highest BCUT2D eigenvalue weighted by Crippen LogP contribution is 2.28. The summed E-state index contributed by atoms with van der Waals surface area (Å²) in [5.74, 6) is 1.12. The van der Waals surface area contributed by atoms with Gasteiger partial charge >= 0.3 is 5.69 Å². The number of H-pyrrole nitrogens is 2. The second-order valence-electron chi connectivity index (χ2n) is 8.81. The number of nitrogens with zero attached hydrogens (tertiary/aromatic N) is 5. The fourth-order valence-corrected chi connectivity index (χ4v) is 4.03. The van der Waals surface area contributed by atoms with Gasteiger partial charge in [0.1, 0.15) is 0 Å². The molecule has 0 saturated heterocycles. The highest BCUT2D eigenvalue weighted by atomic mass is 16.1. The minimum atomic E-state index is -0.0358. The lowest BCUT2D eigenvalue weighted by molar-refractivity contribution is 0.562. The van der Waals surface area contributed by atoms with Gasteiger partial charge in [0.25, 0.3) is 0 Å². The number of hydrogen-bond donors (Lipinski definition) is 2. The molecule has 0 amide bonds. The largest absolute Gasteiger partial charge is 0.326 e. The van der Waals surface area contributed by atoms with Crippen molar-refractivity contribution in [2.75, 3.05) is 0 Å². The van der Waals surface area contributed by atoms with Gasteiger partial charge in [0.15, 0.2) is 0 Å². The van der Waals surface area contributed by atoms with Crippen molar-refractivity contribution in [3.63, 3.8) is 0 Å². The van der Waals surface area contributed by atoms with Crippen molar-refractivity contribution in [1.82, 2.24) is 35.2 Å². The Morgan fingerprint density at radius 3 is 2.55 bits per heavy atom. The molecule has 0 aliphatic carbocycles. The summed E-state index contributed by atoms with van der Waals surface area (Å²) in [6.07, 6.45) is 6.90. The Kier molecular flexibility index (Phi) is 7.12. The van der Waals surface area contributed by atoms with E-state index in [1.165, 1.54) is 0 Å². The first kappa shape index (κ1) is 22.6. The molecule has 8 heteroatoms. The minimum absolute atomic E-state index is 0.0358. The quantitative estimate of drug-likeness (QED) is 0.376. The lowest BCUT2D eigenvalue weighted by atomic mass is 10.0. The fourth-order valence-electron chi connectivity index (χ4n) is 4.03. The predicted octanol–water partition coefficient (Wildman–Crippen LogP) is 4.40. The number of aromatic amines is 2. The van der Waals surface area contributed by atoms with Gasteiger partial charge in [-0.25, -0.2) is 4.79 Å². The van der Waals surface area contributed by atoms with E-state index < -0.39 is 0 Å². The zero-order valence-corrected chi connectivity index (χ0v) is 19.5. The van der Waals surface area contributed by atoms with E-state index in [2.05, 4.69) is 46.4 Å². The number of imidazole rings is 1. The number of aromatic nitrogens is 7. The number of pyridine rings is 1. The summed E-state index contributed by atoms with van der Waals surface area (Å²) in [7, 11) is 0. The van der Waals surface area contributed by atoms with Gasteiger partial charge in [-0.05, 0) is 48.4 Å². The Bertz CT molecular complexity index is 1220. The van der Waals surface area contributed by atoms with Gasteiger partial charge in [0, 0.05) is 28.7 Å². The summed E-state index contributed by atoms with van der Waals surface area (Å²) >= 11 is 0. The summed E-state index contributed by atoms with van der Waals surface area (Å²) in [6.45, 7) is 7.12. The van der Waals surface area contributed by atoms with Crippen LogP contribution in [0.5, 0.6) is 0 Å². The first-order valence-corrected chi connectivity index (χ1v) is 11.7. The predicted molar refractivity (Wildman–Crippen MR) is 129 cm³/mol. The van der Waals surface area contributed by atoms with Crippen molar-refractivity contribution >= 4 is 0 Å². The summed E-state index contributed by atoms with van der Waals surface area (Å²) in [4.78, 5) is 20.6. The molecule has 8 nitrogen and oxygen atoms in total. The molecule has 0 saturated carbocycles. The minimum Gasteiger partial charge on any atom is -0.310 e.